The zero-order chi connectivity index (χ0) is 17.8. The Bertz CT molecular complexity index is 970. The van der Waals surface area contributed by atoms with Crippen LogP contribution in [0.4, 0.5) is 0 Å². The molecule has 0 saturated heterocycles. The highest BCUT2D eigenvalue weighted by molar-refractivity contribution is 7.98. The minimum absolute atomic E-state index is 0.258. The largest absolute Gasteiger partial charge is 0.493 e. The predicted molar refractivity (Wildman–Crippen MR) is 101 cm³/mol. The number of halogens is 1. The molecular formula is C19H15ClN2O2S. The number of hydrogen-bond donors (Lipinski definition) is 0. The van der Waals surface area contributed by atoms with Gasteiger partial charge in [-0.15, -0.1) is 11.8 Å². The van der Waals surface area contributed by atoms with Crippen molar-refractivity contribution in [1.82, 2.24) is 4.98 Å². The van der Waals surface area contributed by atoms with Gasteiger partial charge in [-0.2, -0.15) is 5.26 Å². The lowest BCUT2D eigenvalue weighted by Crippen LogP contribution is -2.00. The second kappa shape index (κ2) is 7.64. The van der Waals surface area contributed by atoms with E-state index in [9.17, 15) is 0 Å². The van der Waals surface area contributed by atoms with Gasteiger partial charge in [-0.05, 0) is 36.6 Å². The van der Waals surface area contributed by atoms with Gasteiger partial charge in [0, 0.05) is 21.9 Å². The van der Waals surface area contributed by atoms with E-state index in [0.717, 1.165) is 21.4 Å². The van der Waals surface area contributed by atoms with Crippen molar-refractivity contribution in [3.05, 3.63) is 58.7 Å². The molecule has 4 nitrogen and oxygen atoms in total. The summed E-state index contributed by atoms with van der Waals surface area (Å²) in [7, 11) is 1.54. The van der Waals surface area contributed by atoms with E-state index in [1.54, 1.807) is 30.0 Å². The summed E-state index contributed by atoms with van der Waals surface area (Å²) in [4.78, 5) is 5.61. The lowest BCUT2D eigenvalue weighted by Gasteiger charge is -2.12. The van der Waals surface area contributed by atoms with Crippen molar-refractivity contribution in [3.63, 3.8) is 0 Å². The lowest BCUT2D eigenvalue weighted by atomic mass is 10.1. The van der Waals surface area contributed by atoms with Gasteiger partial charge in [-0.3, -0.25) is 0 Å². The SMILES string of the molecule is COc1cc(C#N)ccc1OCc1cc2ccc(SC)cc2nc1Cl. The van der Waals surface area contributed by atoms with Crippen LogP contribution in [-0.2, 0) is 6.61 Å². The van der Waals surface area contributed by atoms with Gasteiger partial charge in [0.15, 0.2) is 11.5 Å². The van der Waals surface area contributed by atoms with E-state index in [0.29, 0.717) is 22.2 Å². The van der Waals surface area contributed by atoms with Gasteiger partial charge in [0.2, 0.25) is 0 Å². The van der Waals surface area contributed by atoms with Crippen LogP contribution in [0, 0.1) is 11.3 Å². The minimum atomic E-state index is 0.258. The molecule has 0 fully saturated rings. The van der Waals surface area contributed by atoms with E-state index in [-0.39, 0.29) is 6.61 Å². The number of pyridine rings is 1. The summed E-state index contributed by atoms with van der Waals surface area (Å²) in [5.41, 5.74) is 2.16. The number of nitriles is 1. The summed E-state index contributed by atoms with van der Waals surface area (Å²) in [6.07, 6.45) is 2.02. The van der Waals surface area contributed by atoms with Crippen molar-refractivity contribution in [2.45, 2.75) is 11.5 Å². The highest BCUT2D eigenvalue weighted by atomic mass is 35.5. The Hall–Kier alpha value is -2.42. The Morgan fingerprint density at radius 1 is 1.16 bits per heavy atom. The molecule has 1 aromatic heterocycles. The van der Waals surface area contributed by atoms with Crippen LogP contribution < -0.4 is 9.47 Å². The first kappa shape index (κ1) is 17.4. The highest BCUT2D eigenvalue weighted by Gasteiger charge is 2.10. The maximum absolute atomic E-state index is 8.96. The number of methoxy groups -OCH3 is 1. The van der Waals surface area contributed by atoms with Crippen LogP contribution in [0.2, 0.25) is 5.15 Å². The highest BCUT2D eigenvalue weighted by Crippen LogP contribution is 2.30. The van der Waals surface area contributed by atoms with E-state index < -0.39 is 0 Å². The Morgan fingerprint density at radius 3 is 2.72 bits per heavy atom. The lowest BCUT2D eigenvalue weighted by molar-refractivity contribution is 0.284. The third-order valence-electron chi connectivity index (χ3n) is 3.73. The number of benzene rings is 2. The van der Waals surface area contributed by atoms with E-state index in [1.165, 1.54) is 7.11 Å². The zero-order valence-corrected chi connectivity index (χ0v) is 15.3. The molecule has 3 aromatic rings. The number of thioether (sulfide) groups is 1. The number of aromatic nitrogens is 1. The molecule has 25 heavy (non-hydrogen) atoms. The molecule has 0 bridgehead atoms. The monoisotopic (exact) mass is 370 g/mol. The fourth-order valence-electron chi connectivity index (χ4n) is 2.41. The molecule has 0 unspecified atom stereocenters. The maximum atomic E-state index is 8.96. The molecule has 0 atom stereocenters. The molecule has 0 N–H and O–H groups in total. The van der Waals surface area contributed by atoms with Crippen molar-refractivity contribution in [2.24, 2.45) is 0 Å². The fraction of sp³-hybridized carbons (Fsp3) is 0.158. The first-order chi connectivity index (χ1) is 12.1. The van der Waals surface area contributed by atoms with Crippen molar-refractivity contribution in [3.8, 4) is 17.6 Å². The molecule has 126 valence electrons. The van der Waals surface area contributed by atoms with Gasteiger partial charge in [-0.25, -0.2) is 4.98 Å². The van der Waals surface area contributed by atoms with Crippen LogP contribution in [0.15, 0.2) is 47.4 Å². The topological polar surface area (TPSA) is 55.1 Å². The predicted octanol–water partition coefficient (Wildman–Crippen LogP) is 5.07. The summed E-state index contributed by atoms with van der Waals surface area (Å²) in [5.74, 6) is 1.06. The first-order valence-electron chi connectivity index (χ1n) is 7.48. The van der Waals surface area contributed by atoms with Crippen LogP contribution in [0.1, 0.15) is 11.1 Å². The molecule has 0 aliphatic heterocycles. The Labute approximate surface area is 155 Å². The quantitative estimate of drug-likeness (QED) is 0.463. The van der Waals surface area contributed by atoms with E-state index in [1.807, 2.05) is 24.5 Å². The average Bonchev–Trinajstić information content (AvgIpc) is 2.65. The molecule has 3 rings (SSSR count). The van der Waals surface area contributed by atoms with Gasteiger partial charge in [0.05, 0.1) is 24.3 Å². The van der Waals surface area contributed by atoms with Crippen LogP contribution in [0.25, 0.3) is 10.9 Å². The Kier molecular flexibility index (Phi) is 5.32. The van der Waals surface area contributed by atoms with E-state index in [2.05, 4.69) is 17.1 Å². The van der Waals surface area contributed by atoms with Crippen LogP contribution in [-0.4, -0.2) is 18.3 Å². The molecule has 0 aliphatic carbocycles. The van der Waals surface area contributed by atoms with Gasteiger partial charge in [-0.1, -0.05) is 17.7 Å². The molecule has 2 aromatic carbocycles. The summed E-state index contributed by atoms with van der Waals surface area (Å²) in [6, 6.07) is 15.2. The average molecular weight is 371 g/mol. The summed E-state index contributed by atoms with van der Waals surface area (Å²) < 4.78 is 11.1. The number of ether oxygens (including phenoxy) is 2. The van der Waals surface area contributed by atoms with Gasteiger partial charge in [0.25, 0.3) is 0 Å². The smallest absolute Gasteiger partial charge is 0.162 e. The standard InChI is InChI=1S/C19H15ClN2O2S/c1-23-18-7-12(10-21)3-6-17(18)24-11-14-8-13-4-5-15(25-2)9-16(13)22-19(14)20/h3-9H,11H2,1-2H3. The molecule has 0 spiro atoms. The number of nitrogens with zero attached hydrogens (tertiary/aromatic N) is 2. The molecular weight excluding hydrogens is 356 g/mol. The summed E-state index contributed by atoms with van der Waals surface area (Å²) in [5, 5.41) is 10.4. The van der Waals surface area contributed by atoms with Crippen molar-refractivity contribution >= 4 is 34.3 Å². The summed E-state index contributed by atoms with van der Waals surface area (Å²) >= 11 is 7.98. The second-order valence-corrected chi connectivity index (χ2v) is 6.50. The first-order valence-corrected chi connectivity index (χ1v) is 9.09. The number of rotatable bonds is 5. The minimum Gasteiger partial charge on any atom is -0.493 e. The Balaban J connectivity index is 1.86. The summed E-state index contributed by atoms with van der Waals surface area (Å²) in [6.45, 7) is 0.258. The van der Waals surface area contributed by atoms with Crippen LogP contribution in [0.5, 0.6) is 11.5 Å². The molecule has 0 aliphatic rings. The zero-order valence-electron chi connectivity index (χ0n) is 13.7. The van der Waals surface area contributed by atoms with E-state index >= 15 is 0 Å². The van der Waals surface area contributed by atoms with E-state index in [4.69, 9.17) is 26.3 Å². The third kappa shape index (κ3) is 3.81. The fourth-order valence-corrected chi connectivity index (χ4v) is 3.04. The molecule has 0 radical (unpaired) electrons. The number of fused-ring (bicyclic) bond motifs is 1. The molecule has 1 heterocycles. The Morgan fingerprint density at radius 2 is 2.00 bits per heavy atom. The maximum Gasteiger partial charge on any atom is 0.162 e. The van der Waals surface area contributed by atoms with Crippen LogP contribution >= 0.6 is 23.4 Å². The van der Waals surface area contributed by atoms with Crippen molar-refractivity contribution < 1.29 is 9.47 Å². The van der Waals surface area contributed by atoms with Crippen LogP contribution in [0.3, 0.4) is 0 Å². The molecule has 0 saturated carbocycles. The normalized spacial score (nSPS) is 10.5. The van der Waals surface area contributed by atoms with Crippen molar-refractivity contribution in [1.29, 1.82) is 5.26 Å². The number of hydrogen-bond acceptors (Lipinski definition) is 5. The van der Waals surface area contributed by atoms with Crippen molar-refractivity contribution in [2.75, 3.05) is 13.4 Å². The van der Waals surface area contributed by atoms with Gasteiger partial charge >= 0.3 is 0 Å². The second-order valence-electron chi connectivity index (χ2n) is 5.26. The van der Waals surface area contributed by atoms with Gasteiger partial charge in [0.1, 0.15) is 11.8 Å². The third-order valence-corrected chi connectivity index (χ3v) is 4.78. The van der Waals surface area contributed by atoms with Gasteiger partial charge < -0.3 is 9.47 Å². The molecule has 6 heteroatoms. The molecule has 0 amide bonds.